The molecule has 0 amide bonds. The van der Waals surface area contributed by atoms with Crippen molar-refractivity contribution < 1.29 is 0 Å². The Labute approximate surface area is 332 Å². The molecule has 0 bridgehead atoms. The van der Waals surface area contributed by atoms with Crippen LogP contribution in [0.2, 0.25) is 0 Å². The van der Waals surface area contributed by atoms with Gasteiger partial charge in [-0.05, 0) is 101 Å². The zero-order valence-corrected chi connectivity index (χ0v) is 31.2. The SMILES string of the molecule is c1ccc(-c2cccc(N(c3ccccc3)c3cc(N(c4ccccc4)c4cccc(-c5ccccc5)c4)c4c(c3)c3ccccc3n4-c3cccnc3)c2)cc1. The molecule has 0 saturated heterocycles. The second kappa shape index (κ2) is 14.9. The van der Waals surface area contributed by atoms with E-state index in [0.29, 0.717) is 0 Å². The predicted octanol–water partition coefficient (Wildman–Crippen LogP) is 14.5. The van der Waals surface area contributed by atoms with Crippen LogP contribution in [0.15, 0.2) is 231 Å². The lowest BCUT2D eigenvalue weighted by molar-refractivity contribution is 1.13. The van der Waals surface area contributed by atoms with E-state index in [9.17, 15) is 0 Å². The van der Waals surface area contributed by atoms with Gasteiger partial charge >= 0.3 is 0 Å². The summed E-state index contributed by atoms with van der Waals surface area (Å²) < 4.78 is 2.37. The Morgan fingerprint density at radius 3 is 1.46 bits per heavy atom. The van der Waals surface area contributed by atoms with Crippen LogP contribution in [0.5, 0.6) is 0 Å². The van der Waals surface area contributed by atoms with Crippen LogP contribution in [0.3, 0.4) is 0 Å². The average molecular weight is 731 g/mol. The van der Waals surface area contributed by atoms with Gasteiger partial charge in [-0.1, -0.05) is 140 Å². The Morgan fingerprint density at radius 1 is 0.351 bits per heavy atom. The van der Waals surface area contributed by atoms with Gasteiger partial charge in [-0.25, -0.2) is 0 Å². The van der Waals surface area contributed by atoms with E-state index in [1.165, 1.54) is 11.1 Å². The van der Waals surface area contributed by atoms with Crippen molar-refractivity contribution in [2.45, 2.75) is 0 Å². The second-order valence-electron chi connectivity index (χ2n) is 14.1. The Bertz CT molecular complexity index is 2940. The van der Waals surface area contributed by atoms with Crippen molar-refractivity contribution in [2.75, 3.05) is 9.80 Å². The van der Waals surface area contributed by atoms with Crippen LogP contribution in [0.25, 0.3) is 49.7 Å². The van der Waals surface area contributed by atoms with E-state index in [1.807, 2.05) is 18.5 Å². The molecule has 10 aromatic rings. The molecule has 0 aliphatic rings. The summed E-state index contributed by atoms with van der Waals surface area (Å²) in [6.07, 6.45) is 3.79. The van der Waals surface area contributed by atoms with E-state index in [1.54, 1.807) is 0 Å². The Morgan fingerprint density at radius 2 is 0.860 bits per heavy atom. The van der Waals surface area contributed by atoms with E-state index in [4.69, 9.17) is 0 Å². The van der Waals surface area contributed by atoms with Gasteiger partial charge in [0.15, 0.2) is 0 Å². The first kappa shape index (κ1) is 33.8. The minimum absolute atomic E-state index is 0.999. The lowest BCUT2D eigenvalue weighted by Crippen LogP contribution is -2.14. The number of pyridine rings is 1. The summed E-state index contributed by atoms with van der Waals surface area (Å²) in [4.78, 5) is 9.40. The quantitative estimate of drug-likeness (QED) is 0.148. The van der Waals surface area contributed by atoms with E-state index >= 15 is 0 Å². The molecule has 0 spiro atoms. The third-order valence-corrected chi connectivity index (χ3v) is 10.6. The number of aromatic nitrogens is 2. The summed E-state index contributed by atoms with van der Waals surface area (Å²) in [6.45, 7) is 0. The zero-order valence-electron chi connectivity index (χ0n) is 31.2. The van der Waals surface area contributed by atoms with Crippen LogP contribution < -0.4 is 9.80 Å². The molecule has 8 aromatic carbocycles. The molecule has 0 saturated carbocycles. The number of hydrogen-bond acceptors (Lipinski definition) is 3. The van der Waals surface area contributed by atoms with Crippen LogP contribution in [-0.4, -0.2) is 9.55 Å². The van der Waals surface area contributed by atoms with Crippen LogP contribution in [0.4, 0.5) is 34.1 Å². The first-order chi connectivity index (χ1) is 28.3. The Kier molecular flexibility index (Phi) is 8.82. The highest BCUT2D eigenvalue weighted by atomic mass is 15.2. The summed E-state index contributed by atoms with van der Waals surface area (Å²) in [7, 11) is 0. The third kappa shape index (κ3) is 6.39. The molecule has 0 aliphatic carbocycles. The van der Waals surface area contributed by atoms with Crippen molar-refractivity contribution in [1.29, 1.82) is 0 Å². The number of para-hydroxylation sites is 3. The molecule has 10 rings (SSSR count). The molecule has 0 N–H and O–H groups in total. The van der Waals surface area contributed by atoms with Gasteiger partial charge in [-0.2, -0.15) is 0 Å². The second-order valence-corrected chi connectivity index (χ2v) is 14.1. The average Bonchev–Trinajstić information content (AvgIpc) is 3.63. The minimum atomic E-state index is 0.999. The first-order valence-electron chi connectivity index (χ1n) is 19.3. The van der Waals surface area contributed by atoms with Crippen molar-refractivity contribution in [3.63, 3.8) is 0 Å². The van der Waals surface area contributed by atoms with Crippen molar-refractivity contribution >= 4 is 55.9 Å². The number of benzene rings is 8. The van der Waals surface area contributed by atoms with Gasteiger partial charge in [-0.15, -0.1) is 0 Å². The maximum absolute atomic E-state index is 4.61. The van der Waals surface area contributed by atoms with E-state index in [2.05, 4.69) is 232 Å². The van der Waals surface area contributed by atoms with Crippen LogP contribution >= 0.6 is 0 Å². The zero-order chi connectivity index (χ0) is 38.0. The van der Waals surface area contributed by atoms with Gasteiger partial charge in [0, 0.05) is 45.4 Å². The lowest BCUT2D eigenvalue weighted by atomic mass is 10.0. The highest BCUT2D eigenvalue weighted by Crippen LogP contribution is 2.48. The van der Waals surface area contributed by atoms with Crippen molar-refractivity contribution in [2.24, 2.45) is 0 Å². The van der Waals surface area contributed by atoms with Crippen LogP contribution in [0, 0.1) is 0 Å². The molecule has 4 nitrogen and oxygen atoms in total. The predicted molar refractivity (Wildman–Crippen MR) is 239 cm³/mol. The molecule has 57 heavy (non-hydrogen) atoms. The molecule has 2 heterocycles. The molecule has 0 atom stereocenters. The fourth-order valence-electron chi connectivity index (χ4n) is 8.05. The molecule has 4 heteroatoms. The van der Waals surface area contributed by atoms with Gasteiger partial charge < -0.3 is 14.4 Å². The van der Waals surface area contributed by atoms with Gasteiger partial charge in [-0.3, -0.25) is 4.98 Å². The minimum Gasteiger partial charge on any atom is -0.310 e. The molecule has 0 fully saturated rings. The molecule has 0 aliphatic heterocycles. The smallest absolute Gasteiger partial charge is 0.0784 e. The standard InChI is InChI=1S/C53H38N4/c1-5-18-39(19-6-1)41-22-15-28-45(34-41)55(43-24-9-3-10-25-43)48-36-50-49-31-13-14-32-51(49)57(47-30-17-33-54-38-47)53(50)52(37-48)56(44-26-11-4-12-27-44)46-29-16-23-42(35-46)40-20-7-2-8-21-40/h1-38H. The summed E-state index contributed by atoms with van der Waals surface area (Å²) in [5.41, 5.74) is 14.2. The Balaban J connectivity index is 1.31. The highest BCUT2D eigenvalue weighted by molar-refractivity contribution is 6.16. The van der Waals surface area contributed by atoms with Crippen LogP contribution in [-0.2, 0) is 0 Å². The molecule has 0 radical (unpaired) electrons. The normalized spacial score (nSPS) is 11.2. The molecule has 0 unspecified atom stereocenters. The van der Waals surface area contributed by atoms with Gasteiger partial charge in [0.25, 0.3) is 0 Å². The fraction of sp³-hybridized carbons (Fsp3) is 0. The van der Waals surface area contributed by atoms with E-state index in [0.717, 1.165) is 72.7 Å². The van der Waals surface area contributed by atoms with Gasteiger partial charge in [0.05, 0.1) is 28.6 Å². The highest BCUT2D eigenvalue weighted by Gasteiger charge is 2.25. The Hall–Kier alpha value is -7.69. The van der Waals surface area contributed by atoms with Crippen molar-refractivity contribution in [1.82, 2.24) is 9.55 Å². The van der Waals surface area contributed by atoms with Crippen molar-refractivity contribution in [3.8, 4) is 27.9 Å². The summed E-state index contributed by atoms with van der Waals surface area (Å²) in [5, 5.41) is 2.30. The number of fused-ring (bicyclic) bond motifs is 3. The summed E-state index contributed by atoms with van der Waals surface area (Å²) >= 11 is 0. The number of anilines is 6. The fourth-order valence-corrected chi connectivity index (χ4v) is 8.05. The number of rotatable bonds is 9. The van der Waals surface area contributed by atoms with Crippen molar-refractivity contribution in [3.05, 3.63) is 231 Å². The molecule has 2 aromatic heterocycles. The van der Waals surface area contributed by atoms with E-state index < -0.39 is 0 Å². The monoisotopic (exact) mass is 730 g/mol. The summed E-state index contributed by atoms with van der Waals surface area (Å²) in [5.74, 6) is 0. The maximum atomic E-state index is 4.61. The molecular weight excluding hydrogens is 693 g/mol. The van der Waals surface area contributed by atoms with E-state index in [-0.39, 0.29) is 0 Å². The molecular formula is C53H38N4. The number of hydrogen-bond donors (Lipinski definition) is 0. The molecule has 270 valence electrons. The van der Waals surface area contributed by atoms with Gasteiger partial charge in [0.2, 0.25) is 0 Å². The topological polar surface area (TPSA) is 24.3 Å². The lowest BCUT2D eigenvalue weighted by Gasteiger charge is -2.31. The first-order valence-corrected chi connectivity index (χ1v) is 19.3. The largest absolute Gasteiger partial charge is 0.310 e. The van der Waals surface area contributed by atoms with Crippen LogP contribution in [0.1, 0.15) is 0 Å². The summed E-state index contributed by atoms with van der Waals surface area (Å²) in [6, 6.07) is 77.9. The maximum Gasteiger partial charge on any atom is 0.0784 e. The third-order valence-electron chi connectivity index (χ3n) is 10.6. The number of nitrogens with zero attached hydrogens (tertiary/aromatic N) is 4. The van der Waals surface area contributed by atoms with Gasteiger partial charge in [0.1, 0.15) is 0 Å².